The number of hydrogen-bond acceptors (Lipinski definition) is 3. The van der Waals surface area contributed by atoms with Crippen LogP contribution < -0.4 is 0 Å². The van der Waals surface area contributed by atoms with E-state index in [1.165, 1.54) is 18.2 Å². The van der Waals surface area contributed by atoms with E-state index in [1.54, 1.807) is 0 Å². The van der Waals surface area contributed by atoms with E-state index in [2.05, 4.69) is 20.9 Å². The molecule has 0 aliphatic heterocycles. The van der Waals surface area contributed by atoms with Crippen LogP contribution in [0.2, 0.25) is 0 Å². The number of alkyl halides is 1. The van der Waals surface area contributed by atoms with Crippen molar-refractivity contribution in [2.45, 2.75) is 18.6 Å². The lowest BCUT2D eigenvalue weighted by molar-refractivity contribution is 0.0144. The molecule has 78 valence electrons. The average Bonchev–Trinajstić information content (AvgIpc) is 2.17. The maximum absolute atomic E-state index is 12.7. The van der Waals surface area contributed by atoms with Gasteiger partial charge in [0.1, 0.15) is 6.10 Å². The van der Waals surface area contributed by atoms with E-state index in [4.69, 9.17) is 0 Å². The fourth-order valence-electron chi connectivity index (χ4n) is 1.06. The van der Waals surface area contributed by atoms with Gasteiger partial charge in [-0.05, 0) is 18.6 Å². The molecule has 1 aromatic rings. The Morgan fingerprint density at radius 1 is 1.43 bits per heavy atom. The predicted octanol–water partition coefficient (Wildman–Crippen LogP) is 1.40. The number of hydrogen-bond donors (Lipinski definition) is 2. The van der Waals surface area contributed by atoms with Gasteiger partial charge in [0.15, 0.2) is 0 Å². The third-order valence-corrected chi connectivity index (χ3v) is 2.27. The van der Waals surface area contributed by atoms with Crippen LogP contribution in [0.3, 0.4) is 0 Å². The third-order valence-electron chi connectivity index (χ3n) is 1.81. The molecular weight excluding hydrogens is 253 g/mol. The van der Waals surface area contributed by atoms with Gasteiger partial charge in [0.25, 0.3) is 0 Å². The molecular formula is C9H11BrFNO2. The molecule has 0 aliphatic carbocycles. The van der Waals surface area contributed by atoms with E-state index < -0.39 is 18.2 Å². The van der Waals surface area contributed by atoms with Crippen molar-refractivity contribution in [3.63, 3.8) is 0 Å². The molecule has 0 fully saturated rings. The van der Waals surface area contributed by atoms with Crippen LogP contribution in [0.15, 0.2) is 18.2 Å². The Bertz CT molecular complexity index is 298. The van der Waals surface area contributed by atoms with Crippen molar-refractivity contribution in [2.75, 3.05) is 5.33 Å². The lowest BCUT2D eigenvalue weighted by Gasteiger charge is -2.15. The van der Waals surface area contributed by atoms with E-state index in [0.29, 0.717) is 11.8 Å². The number of aliphatic hydroxyl groups excluding tert-OH is 2. The van der Waals surface area contributed by atoms with Gasteiger partial charge in [-0.2, -0.15) is 4.39 Å². The number of aliphatic hydroxyl groups is 2. The number of pyridine rings is 1. The van der Waals surface area contributed by atoms with E-state index in [-0.39, 0.29) is 5.69 Å². The minimum Gasteiger partial charge on any atom is -0.390 e. The van der Waals surface area contributed by atoms with Gasteiger partial charge in [-0.1, -0.05) is 22.0 Å². The van der Waals surface area contributed by atoms with Crippen molar-refractivity contribution in [3.8, 4) is 0 Å². The largest absolute Gasteiger partial charge is 0.390 e. The van der Waals surface area contributed by atoms with Crippen LogP contribution in [-0.4, -0.2) is 26.6 Å². The lowest BCUT2D eigenvalue weighted by atomic mass is 10.1. The van der Waals surface area contributed by atoms with Gasteiger partial charge in [0.2, 0.25) is 5.95 Å². The Labute approximate surface area is 89.7 Å². The van der Waals surface area contributed by atoms with Crippen LogP contribution >= 0.6 is 15.9 Å². The molecule has 5 heteroatoms. The zero-order valence-corrected chi connectivity index (χ0v) is 8.98. The maximum atomic E-state index is 12.7. The molecule has 2 unspecified atom stereocenters. The molecule has 14 heavy (non-hydrogen) atoms. The number of nitrogens with zero attached hydrogens (tertiary/aromatic N) is 1. The van der Waals surface area contributed by atoms with E-state index >= 15 is 0 Å². The summed E-state index contributed by atoms with van der Waals surface area (Å²) in [6.45, 7) is 0. The standard InChI is InChI=1S/C9H11BrFNO2/c10-5-4-7(13)9(14)6-2-1-3-8(11)12-6/h1-3,7,9,13-14H,4-5H2. The Balaban J connectivity index is 2.73. The molecule has 2 N–H and O–H groups in total. The first kappa shape index (κ1) is 11.6. The van der Waals surface area contributed by atoms with Crippen LogP contribution in [0, 0.1) is 5.95 Å². The minimum atomic E-state index is -1.14. The summed E-state index contributed by atoms with van der Waals surface area (Å²) in [5.74, 6) is -0.660. The Morgan fingerprint density at radius 2 is 2.14 bits per heavy atom. The SMILES string of the molecule is OC(CCBr)C(O)c1cccc(F)n1. The van der Waals surface area contributed by atoms with Gasteiger partial charge < -0.3 is 10.2 Å². The van der Waals surface area contributed by atoms with E-state index in [9.17, 15) is 14.6 Å². The van der Waals surface area contributed by atoms with Gasteiger partial charge >= 0.3 is 0 Å². The van der Waals surface area contributed by atoms with Crippen molar-refractivity contribution in [1.82, 2.24) is 4.98 Å². The topological polar surface area (TPSA) is 53.4 Å². The first-order valence-electron chi connectivity index (χ1n) is 4.19. The van der Waals surface area contributed by atoms with Gasteiger partial charge in [-0.15, -0.1) is 0 Å². The summed E-state index contributed by atoms with van der Waals surface area (Å²) in [5.41, 5.74) is 0.151. The van der Waals surface area contributed by atoms with Crippen LogP contribution in [0.25, 0.3) is 0 Å². The summed E-state index contributed by atoms with van der Waals surface area (Å²) < 4.78 is 12.7. The van der Waals surface area contributed by atoms with Crippen molar-refractivity contribution >= 4 is 15.9 Å². The predicted molar refractivity (Wildman–Crippen MR) is 53.6 cm³/mol. The first-order valence-corrected chi connectivity index (χ1v) is 5.32. The average molecular weight is 264 g/mol. The number of rotatable bonds is 4. The summed E-state index contributed by atoms with van der Waals surface area (Å²) in [7, 11) is 0. The molecule has 1 aromatic heterocycles. The molecule has 0 saturated carbocycles. The highest BCUT2D eigenvalue weighted by Gasteiger charge is 2.18. The monoisotopic (exact) mass is 263 g/mol. The van der Waals surface area contributed by atoms with Crippen molar-refractivity contribution in [2.24, 2.45) is 0 Å². The molecule has 1 heterocycles. The first-order chi connectivity index (χ1) is 6.65. The summed E-state index contributed by atoms with van der Waals surface area (Å²) in [5, 5.41) is 19.5. The van der Waals surface area contributed by atoms with Gasteiger partial charge in [0.05, 0.1) is 11.8 Å². The zero-order valence-electron chi connectivity index (χ0n) is 7.40. The second kappa shape index (κ2) is 5.38. The molecule has 0 amide bonds. The number of aromatic nitrogens is 1. The van der Waals surface area contributed by atoms with E-state index in [0.717, 1.165) is 0 Å². The van der Waals surface area contributed by atoms with Gasteiger partial charge in [-0.25, -0.2) is 4.98 Å². The van der Waals surface area contributed by atoms with Crippen molar-refractivity contribution in [1.29, 1.82) is 0 Å². The van der Waals surface area contributed by atoms with Crippen LogP contribution in [-0.2, 0) is 0 Å². The van der Waals surface area contributed by atoms with Gasteiger partial charge in [-0.3, -0.25) is 0 Å². The minimum absolute atomic E-state index is 0.151. The highest BCUT2D eigenvalue weighted by Crippen LogP contribution is 2.17. The molecule has 0 saturated heterocycles. The van der Waals surface area contributed by atoms with E-state index in [1.807, 2.05) is 0 Å². The summed E-state index contributed by atoms with van der Waals surface area (Å²) in [6, 6.07) is 4.11. The molecule has 0 bridgehead atoms. The highest BCUT2D eigenvalue weighted by molar-refractivity contribution is 9.09. The summed E-state index contributed by atoms with van der Waals surface area (Å²) >= 11 is 3.14. The Hall–Kier alpha value is -0.520. The van der Waals surface area contributed by atoms with Crippen LogP contribution in [0.4, 0.5) is 4.39 Å². The van der Waals surface area contributed by atoms with Crippen LogP contribution in [0.1, 0.15) is 18.2 Å². The molecule has 0 spiro atoms. The smallest absolute Gasteiger partial charge is 0.213 e. The third kappa shape index (κ3) is 3.01. The lowest BCUT2D eigenvalue weighted by Crippen LogP contribution is -2.19. The van der Waals surface area contributed by atoms with Crippen LogP contribution in [0.5, 0.6) is 0 Å². The normalized spacial score (nSPS) is 15.1. The molecule has 0 aromatic carbocycles. The van der Waals surface area contributed by atoms with Crippen molar-refractivity contribution in [3.05, 3.63) is 29.8 Å². The van der Waals surface area contributed by atoms with Gasteiger partial charge in [0, 0.05) is 5.33 Å². The molecule has 0 aliphatic rings. The fourth-order valence-corrected chi connectivity index (χ4v) is 1.52. The molecule has 0 radical (unpaired) electrons. The number of halogens is 2. The maximum Gasteiger partial charge on any atom is 0.213 e. The zero-order chi connectivity index (χ0) is 10.6. The summed E-state index contributed by atoms with van der Waals surface area (Å²) in [4.78, 5) is 3.48. The van der Waals surface area contributed by atoms with Crippen molar-refractivity contribution < 1.29 is 14.6 Å². The Kier molecular flexibility index (Phi) is 4.44. The quantitative estimate of drug-likeness (QED) is 0.638. The fraction of sp³-hybridized carbons (Fsp3) is 0.444. The Morgan fingerprint density at radius 3 is 2.71 bits per heavy atom. The second-order valence-electron chi connectivity index (χ2n) is 2.88. The highest BCUT2D eigenvalue weighted by atomic mass is 79.9. The second-order valence-corrected chi connectivity index (χ2v) is 3.67. The molecule has 3 nitrogen and oxygen atoms in total. The molecule has 1 rings (SSSR count). The molecule has 2 atom stereocenters. The summed E-state index contributed by atoms with van der Waals surface area (Å²) in [6.07, 6.45) is -1.67.